The summed E-state index contributed by atoms with van der Waals surface area (Å²) in [5.74, 6) is -0.243. The molecule has 2 aromatic rings. The van der Waals surface area contributed by atoms with E-state index >= 15 is 0 Å². The number of carbonyl (C=O) groups is 3. The van der Waals surface area contributed by atoms with Gasteiger partial charge in [-0.05, 0) is 42.8 Å². The molecule has 2 atom stereocenters. The lowest BCUT2D eigenvalue weighted by Crippen LogP contribution is -2.44. The second-order valence-corrected chi connectivity index (χ2v) is 9.09. The molecular weight excluding hydrogens is 412 g/mol. The third kappa shape index (κ3) is 3.70. The highest BCUT2D eigenvalue weighted by molar-refractivity contribution is 7.18. The molecule has 0 radical (unpaired) electrons. The Morgan fingerprint density at radius 1 is 1.17 bits per heavy atom. The molecule has 7 nitrogen and oxygen atoms in total. The standard InChI is InChI=1S/C20H21ClN4O3S/c1-23(2)19(27)12-3-5-13(6-4-12)25-11-15-14(9-10-24(15)20(25)28)22-18(26)16-7-8-17(21)29-16/h3-8,14-15H,9-11H2,1-2H3,(H,22,26)/t14-,15-/m1/s1. The molecule has 2 fully saturated rings. The Labute approximate surface area is 177 Å². The van der Waals surface area contributed by atoms with Crippen LogP contribution in [0.25, 0.3) is 0 Å². The summed E-state index contributed by atoms with van der Waals surface area (Å²) >= 11 is 7.16. The monoisotopic (exact) mass is 432 g/mol. The van der Waals surface area contributed by atoms with Crippen LogP contribution < -0.4 is 10.2 Å². The van der Waals surface area contributed by atoms with Crippen LogP contribution in [0.3, 0.4) is 0 Å². The van der Waals surface area contributed by atoms with E-state index in [1.165, 1.54) is 16.2 Å². The lowest BCUT2D eigenvalue weighted by Gasteiger charge is -2.20. The van der Waals surface area contributed by atoms with E-state index in [1.807, 2.05) is 4.90 Å². The van der Waals surface area contributed by atoms with E-state index in [0.29, 0.717) is 27.9 Å². The van der Waals surface area contributed by atoms with E-state index in [2.05, 4.69) is 5.32 Å². The lowest BCUT2D eigenvalue weighted by atomic mass is 10.1. The minimum Gasteiger partial charge on any atom is -0.346 e. The summed E-state index contributed by atoms with van der Waals surface area (Å²) in [5.41, 5.74) is 1.32. The van der Waals surface area contributed by atoms with Gasteiger partial charge in [-0.15, -0.1) is 11.3 Å². The van der Waals surface area contributed by atoms with Gasteiger partial charge in [-0.3, -0.25) is 14.5 Å². The minimum atomic E-state index is -0.161. The molecule has 152 valence electrons. The van der Waals surface area contributed by atoms with Crippen LogP contribution in [0, 0.1) is 0 Å². The van der Waals surface area contributed by atoms with Gasteiger partial charge in [0.2, 0.25) is 0 Å². The van der Waals surface area contributed by atoms with E-state index in [4.69, 9.17) is 11.6 Å². The number of anilines is 1. The van der Waals surface area contributed by atoms with Gasteiger partial charge in [-0.2, -0.15) is 0 Å². The highest BCUT2D eigenvalue weighted by Crippen LogP contribution is 2.31. The number of fused-ring (bicyclic) bond motifs is 1. The maximum Gasteiger partial charge on any atom is 0.324 e. The number of nitrogens with one attached hydrogen (secondary N) is 1. The summed E-state index contributed by atoms with van der Waals surface area (Å²) in [6.45, 7) is 1.10. The Morgan fingerprint density at radius 2 is 1.90 bits per heavy atom. The van der Waals surface area contributed by atoms with Crippen molar-refractivity contribution in [2.24, 2.45) is 0 Å². The topological polar surface area (TPSA) is 73.0 Å². The van der Waals surface area contributed by atoms with Crippen LogP contribution in [0.2, 0.25) is 4.34 Å². The zero-order chi connectivity index (χ0) is 20.7. The van der Waals surface area contributed by atoms with Crippen LogP contribution in [0.4, 0.5) is 10.5 Å². The first-order valence-corrected chi connectivity index (χ1v) is 10.5. The number of amides is 4. The Kier molecular flexibility index (Phi) is 5.23. The number of urea groups is 1. The highest BCUT2D eigenvalue weighted by Gasteiger charge is 2.46. The van der Waals surface area contributed by atoms with Gasteiger partial charge >= 0.3 is 6.03 Å². The van der Waals surface area contributed by atoms with Gasteiger partial charge in [0, 0.05) is 31.9 Å². The van der Waals surface area contributed by atoms with Crippen molar-refractivity contribution in [2.75, 3.05) is 32.1 Å². The molecule has 0 spiro atoms. The molecule has 1 aromatic carbocycles. The Morgan fingerprint density at radius 3 is 2.52 bits per heavy atom. The normalized spacial score (nSPS) is 20.7. The zero-order valence-corrected chi connectivity index (χ0v) is 17.7. The van der Waals surface area contributed by atoms with Gasteiger partial charge in [0.15, 0.2) is 0 Å². The fraction of sp³-hybridized carbons (Fsp3) is 0.350. The first kappa shape index (κ1) is 19.7. The van der Waals surface area contributed by atoms with Gasteiger partial charge in [0.25, 0.3) is 11.8 Å². The number of hydrogen-bond acceptors (Lipinski definition) is 4. The van der Waals surface area contributed by atoms with Gasteiger partial charge in [0.1, 0.15) is 0 Å². The summed E-state index contributed by atoms with van der Waals surface area (Å²) < 4.78 is 0.571. The lowest BCUT2D eigenvalue weighted by molar-refractivity contribution is 0.0827. The third-order valence-electron chi connectivity index (χ3n) is 5.34. The number of benzene rings is 1. The largest absolute Gasteiger partial charge is 0.346 e. The Balaban J connectivity index is 1.46. The minimum absolute atomic E-state index is 0.0717. The molecule has 1 aromatic heterocycles. The van der Waals surface area contributed by atoms with Gasteiger partial charge in [0.05, 0.1) is 27.8 Å². The summed E-state index contributed by atoms with van der Waals surface area (Å²) in [7, 11) is 3.40. The smallest absolute Gasteiger partial charge is 0.324 e. The molecule has 9 heteroatoms. The molecule has 29 heavy (non-hydrogen) atoms. The molecule has 3 heterocycles. The van der Waals surface area contributed by atoms with Crippen molar-refractivity contribution in [1.29, 1.82) is 0 Å². The molecule has 0 saturated carbocycles. The van der Waals surface area contributed by atoms with Crippen LogP contribution in [-0.2, 0) is 0 Å². The highest BCUT2D eigenvalue weighted by atomic mass is 35.5. The van der Waals surface area contributed by atoms with E-state index in [0.717, 1.165) is 12.1 Å². The summed E-state index contributed by atoms with van der Waals surface area (Å²) in [6, 6.07) is 10.2. The molecule has 0 unspecified atom stereocenters. The van der Waals surface area contributed by atoms with Crippen molar-refractivity contribution in [3.05, 3.63) is 51.2 Å². The van der Waals surface area contributed by atoms with Crippen LogP contribution in [-0.4, -0.2) is 66.9 Å². The van der Waals surface area contributed by atoms with Crippen molar-refractivity contribution in [3.63, 3.8) is 0 Å². The van der Waals surface area contributed by atoms with Crippen molar-refractivity contribution < 1.29 is 14.4 Å². The van der Waals surface area contributed by atoms with Gasteiger partial charge < -0.3 is 15.1 Å². The molecule has 4 rings (SSSR count). The molecule has 4 amide bonds. The van der Waals surface area contributed by atoms with Crippen molar-refractivity contribution >= 4 is 46.5 Å². The quantitative estimate of drug-likeness (QED) is 0.807. The molecule has 2 aliphatic rings. The Bertz CT molecular complexity index is 959. The predicted octanol–water partition coefficient (Wildman–Crippen LogP) is 2.92. The number of rotatable bonds is 4. The molecule has 1 N–H and O–H groups in total. The van der Waals surface area contributed by atoms with E-state index < -0.39 is 0 Å². The average molecular weight is 433 g/mol. The average Bonchev–Trinajstić information content (AvgIpc) is 3.39. The van der Waals surface area contributed by atoms with Gasteiger partial charge in [-0.25, -0.2) is 4.79 Å². The van der Waals surface area contributed by atoms with Crippen LogP contribution in [0.1, 0.15) is 26.5 Å². The maximum atomic E-state index is 12.9. The van der Waals surface area contributed by atoms with Crippen molar-refractivity contribution in [2.45, 2.75) is 18.5 Å². The zero-order valence-electron chi connectivity index (χ0n) is 16.1. The fourth-order valence-electron chi connectivity index (χ4n) is 3.84. The van der Waals surface area contributed by atoms with Crippen molar-refractivity contribution in [3.8, 4) is 0 Å². The van der Waals surface area contributed by atoms with Crippen LogP contribution in [0.15, 0.2) is 36.4 Å². The second-order valence-electron chi connectivity index (χ2n) is 7.37. The first-order valence-electron chi connectivity index (χ1n) is 9.31. The van der Waals surface area contributed by atoms with Crippen LogP contribution >= 0.6 is 22.9 Å². The predicted molar refractivity (Wildman–Crippen MR) is 113 cm³/mol. The summed E-state index contributed by atoms with van der Waals surface area (Å²) in [4.78, 5) is 43.0. The fourth-order valence-corrected chi connectivity index (χ4v) is 4.79. The summed E-state index contributed by atoms with van der Waals surface area (Å²) in [5, 5.41) is 3.05. The van der Waals surface area contributed by atoms with Crippen LogP contribution in [0.5, 0.6) is 0 Å². The third-order valence-corrected chi connectivity index (χ3v) is 6.57. The SMILES string of the molecule is CN(C)C(=O)c1ccc(N2C[C@@H]3[C@H](NC(=O)c4ccc(Cl)s4)CCN3C2=O)cc1. The number of nitrogens with zero attached hydrogens (tertiary/aromatic N) is 3. The molecule has 0 bridgehead atoms. The number of carbonyl (C=O) groups excluding carboxylic acids is 3. The number of halogens is 1. The van der Waals surface area contributed by atoms with E-state index in [1.54, 1.807) is 55.4 Å². The maximum absolute atomic E-state index is 12.9. The molecule has 0 aliphatic carbocycles. The van der Waals surface area contributed by atoms with E-state index in [9.17, 15) is 14.4 Å². The second kappa shape index (κ2) is 7.68. The number of thiophene rings is 1. The van der Waals surface area contributed by atoms with E-state index in [-0.39, 0.29) is 29.9 Å². The van der Waals surface area contributed by atoms with Gasteiger partial charge in [-0.1, -0.05) is 11.6 Å². The summed E-state index contributed by atoms with van der Waals surface area (Å²) in [6.07, 6.45) is 0.728. The number of hydrogen-bond donors (Lipinski definition) is 1. The first-order chi connectivity index (χ1) is 13.8. The molecule has 2 aliphatic heterocycles. The Hall–Kier alpha value is -2.58. The molecular formula is C20H21ClN4O3S. The van der Waals surface area contributed by atoms with Crippen molar-refractivity contribution in [1.82, 2.24) is 15.1 Å². The molecule has 2 saturated heterocycles.